The molecule has 3 nitrogen and oxygen atoms in total. The first kappa shape index (κ1) is 15.7. The van der Waals surface area contributed by atoms with Gasteiger partial charge in [0.25, 0.3) is 0 Å². The highest BCUT2D eigenvalue weighted by Crippen LogP contribution is 2.29. The predicted octanol–water partition coefficient (Wildman–Crippen LogP) is 5.13. The summed E-state index contributed by atoms with van der Waals surface area (Å²) in [5.41, 5.74) is 3.16. The van der Waals surface area contributed by atoms with Crippen LogP contribution in [0.2, 0.25) is 0 Å². The van der Waals surface area contributed by atoms with Gasteiger partial charge in [0.2, 0.25) is 5.91 Å². The summed E-state index contributed by atoms with van der Waals surface area (Å²) in [6.45, 7) is 4.14. The van der Waals surface area contributed by atoms with E-state index in [1.54, 1.807) is 0 Å². The van der Waals surface area contributed by atoms with Crippen LogP contribution in [-0.4, -0.2) is 10.9 Å². The molecule has 3 rings (SSSR count). The van der Waals surface area contributed by atoms with Crippen molar-refractivity contribution in [2.24, 2.45) is 0 Å². The molecule has 0 radical (unpaired) electrons. The average Bonchev–Trinajstić information content (AvgIpc) is 2.97. The molecule has 1 N–H and O–H groups in total. The highest BCUT2D eigenvalue weighted by atomic mass is 32.1. The van der Waals surface area contributed by atoms with Gasteiger partial charge in [-0.25, -0.2) is 4.98 Å². The van der Waals surface area contributed by atoms with Gasteiger partial charge in [-0.2, -0.15) is 0 Å². The Bertz CT molecular complexity index is 811. The van der Waals surface area contributed by atoms with Gasteiger partial charge in [0.1, 0.15) is 0 Å². The van der Waals surface area contributed by atoms with E-state index < -0.39 is 0 Å². The van der Waals surface area contributed by atoms with Crippen molar-refractivity contribution in [1.82, 2.24) is 4.98 Å². The van der Waals surface area contributed by atoms with Crippen molar-refractivity contribution >= 4 is 32.6 Å². The Morgan fingerprint density at radius 2 is 1.96 bits per heavy atom. The van der Waals surface area contributed by atoms with E-state index in [1.165, 1.54) is 11.3 Å². The van der Waals surface area contributed by atoms with Crippen LogP contribution in [0.3, 0.4) is 0 Å². The third kappa shape index (κ3) is 3.42. The van der Waals surface area contributed by atoms with Crippen LogP contribution in [0, 0.1) is 6.92 Å². The van der Waals surface area contributed by atoms with Crippen molar-refractivity contribution < 1.29 is 4.79 Å². The van der Waals surface area contributed by atoms with E-state index in [2.05, 4.69) is 17.2 Å². The summed E-state index contributed by atoms with van der Waals surface area (Å²) in [7, 11) is 0. The molecule has 118 valence electrons. The summed E-state index contributed by atoms with van der Waals surface area (Å²) in [5, 5.41) is 3.69. The van der Waals surface area contributed by atoms with Crippen LogP contribution in [-0.2, 0) is 4.79 Å². The molecule has 0 saturated heterocycles. The largest absolute Gasteiger partial charge is 0.301 e. The molecule has 1 unspecified atom stereocenters. The summed E-state index contributed by atoms with van der Waals surface area (Å²) in [6, 6.07) is 16.1. The summed E-state index contributed by atoms with van der Waals surface area (Å²) >= 11 is 1.53. The first-order chi connectivity index (χ1) is 11.2. The molecule has 0 aliphatic carbocycles. The quantitative estimate of drug-likeness (QED) is 0.707. The maximum absolute atomic E-state index is 12.7. The maximum atomic E-state index is 12.7. The molecule has 0 aliphatic heterocycles. The number of aryl methyl sites for hydroxylation is 1. The zero-order valence-corrected chi connectivity index (χ0v) is 14.2. The van der Waals surface area contributed by atoms with Crippen molar-refractivity contribution in [2.75, 3.05) is 5.32 Å². The van der Waals surface area contributed by atoms with Crippen molar-refractivity contribution in [2.45, 2.75) is 32.6 Å². The number of hydrogen-bond acceptors (Lipinski definition) is 3. The number of nitrogens with one attached hydrogen (secondary N) is 1. The van der Waals surface area contributed by atoms with Crippen LogP contribution < -0.4 is 5.32 Å². The van der Waals surface area contributed by atoms with E-state index in [0.717, 1.165) is 34.2 Å². The molecule has 23 heavy (non-hydrogen) atoms. The molecule has 1 atom stereocenters. The Hall–Kier alpha value is -2.20. The fourth-order valence-corrected chi connectivity index (χ4v) is 3.70. The van der Waals surface area contributed by atoms with E-state index in [0.29, 0.717) is 5.13 Å². The Kier molecular flexibility index (Phi) is 4.72. The zero-order chi connectivity index (χ0) is 16.2. The number of amides is 1. The van der Waals surface area contributed by atoms with E-state index in [9.17, 15) is 4.79 Å². The number of aromatic nitrogens is 1. The van der Waals surface area contributed by atoms with E-state index in [1.807, 2.05) is 55.5 Å². The molecule has 0 bridgehead atoms. The van der Waals surface area contributed by atoms with Crippen LogP contribution >= 0.6 is 11.3 Å². The number of nitrogens with zero attached hydrogens (tertiary/aromatic N) is 1. The highest BCUT2D eigenvalue weighted by molar-refractivity contribution is 7.22. The number of rotatable bonds is 5. The van der Waals surface area contributed by atoms with Gasteiger partial charge in [0.05, 0.1) is 16.1 Å². The number of benzene rings is 2. The summed E-state index contributed by atoms with van der Waals surface area (Å²) in [6.07, 6.45) is 1.80. The second kappa shape index (κ2) is 6.92. The molecule has 0 saturated carbocycles. The standard InChI is InChI=1S/C19H20N2OS/c1-3-8-15(14-10-5-4-6-11-14)18(22)21-19-20-17-13(2)9-7-12-16(17)23-19/h4-7,9-12,15H,3,8H2,1-2H3,(H,20,21,22). The van der Waals surface area contributed by atoms with E-state index >= 15 is 0 Å². The first-order valence-electron chi connectivity index (χ1n) is 7.91. The van der Waals surface area contributed by atoms with Gasteiger partial charge in [-0.3, -0.25) is 4.79 Å². The van der Waals surface area contributed by atoms with Crippen LogP contribution in [0.1, 0.15) is 36.8 Å². The number of anilines is 1. The number of fused-ring (bicyclic) bond motifs is 1. The lowest BCUT2D eigenvalue weighted by atomic mass is 9.94. The molecule has 3 aromatic rings. The minimum absolute atomic E-state index is 0.0229. The lowest BCUT2D eigenvalue weighted by molar-refractivity contribution is -0.117. The Morgan fingerprint density at radius 1 is 1.17 bits per heavy atom. The minimum atomic E-state index is -0.130. The minimum Gasteiger partial charge on any atom is -0.301 e. The summed E-state index contributed by atoms with van der Waals surface area (Å²) in [5.74, 6) is -0.107. The fourth-order valence-electron chi connectivity index (χ4n) is 2.76. The molecule has 1 amide bonds. The van der Waals surface area contributed by atoms with Gasteiger partial charge in [-0.1, -0.05) is 67.1 Å². The van der Waals surface area contributed by atoms with E-state index in [-0.39, 0.29) is 11.8 Å². The van der Waals surface area contributed by atoms with Crippen molar-refractivity contribution in [1.29, 1.82) is 0 Å². The molecule has 0 spiro atoms. The monoisotopic (exact) mass is 324 g/mol. The Labute approximate surface area is 140 Å². The SMILES string of the molecule is CCCC(C(=O)Nc1nc2c(C)cccc2s1)c1ccccc1. The van der Waals surface area contributed by atoms with Gasteiger partial charge in [0, 0.05) is 0 Å². The Balaban J connectivity index is 1.84. The predicted molar refractivity (Wildman–Crippen MR) is 97.1 cm³/mol. The number of thiazole rings is 1. The van der Waals surface area contributed by atoms with Gasteiger partial charge >= 0.3 is 0 Å². The number of carbonyl (C=O) groups is 1. The molecule has 1 aromatic heterocycles. The number of para-hydroxylation sites is 1. The molecule has 2 aromatic carbocycles. The van der Waals surface area contributed by atoms with Crippen molar-refractivity contribution in [3.63, 3.8) is 0 Å². The lowest BCUT2D eigenvalue weighted by Gasteiger charge is -2.15. The molecule has 1 heterocycles. The lowest BCUT2D eigenvalue weighted by Crippen LogP contribution is -2.21. The van der Waals surface area contributed by atoms with Gasteiger partial charge in [-0.05, 0) is 30.5 Å². The smallest absolute Gasteiger partial charge is 0.233 e. The molecule has 0 fully saturated rings. The molecule has 0 aliphatic rings. The topological polar surface area (TPSA) is 42.0 Å². The van der Waals surface area contributed by atoms with Gasteiger partial charge < -0.3 is 5.32 Å². The molecular formula is C19H20N2OS. The second-order valence-electron chi connectivity index (χ2n) is 5.68. The van der Waals surface area contributed by atoms with Crippen LogP contribution in [0.25, 0.3) is 10.2 Å². The maximum Gasteiger partial charge on any atom is 0.233 e. The van der Waals surface area contributed by atoms with Gasteiger partial charge in [0.15, 0.2) is 5.13 Å². The average molecular weight is 324 g/mol. The highest BCUT2D eigenvalue weighted by Gasteiger charge is 2.21. The zero-order valence-electron chi connectivity index (χ0n) is 13.4. The van der Waals surface area contributed by atoms with Crippen molar-refractivity contribution in [3.8, 4) is 0 Å². The normalized spacial score (nSPS) is 12.3. The Morgan fingerprint density at radius 3 is 2.65 bits per heavy atom. The number of carbonyl (C=O) groups excluding carboxylic acids is 1. The van der Waals surface area contributed by atoms with Crippen LogP contribution in [0.4, 0.5) is 5.13 Å². The third-order valence-electron chi connectivity index (χ3n) is 3.95. The van der Waals surface area contributed by atoms with Crippen LogP contribution in [0.5, 0.6) is 0 Å². The fraction of sp³-hybridized carbons (Fsp3) is 0.263. The third-order valence-corrected chi connectivity index (χ3v) is 4.88. The van der Waals surface area contributed by atoms with Gasteiger partial charge in [-0.15, -0.1) is 0 Å². The summed E-state index contributed by atoms with van der Waals surface area (Å²) < 4.78 is 1.10. The second-order valence-corrected chi connectivity index (χ2v) is 6.71. The van der Waals surface area contributed by atoms with Crippen LogP contribution in [0.15, 0.2) is 48.5 Å². The summed E-state index contributed by atoms with van der Waals surface area (Å²) in [4.78, 5) is 17.3. The van der Waals surface area contributed by atoms with Crippen molar-refractivity contribution in [3.05, 3.63) is 59.7 Å². The molecule has 4 heteroatoms. The first-order valence-corrected chi connectivity index (χ1v) is 8.72. The van der Waals surface area contributed by atoms with E-state index in [4.69, 9.17) is 0 Å². The molecular weight excluding hydrogens is 304 g/mol. The number of hydrogen-bond donors (Lipinski definition) is 1.